The number of rotatable bonds is 9. The first-order chi connectivity index (χ1) is 13.4. The second-order valence-corrected chi connectivity index (χ2v) is 7.88. The van der Waals surface area contributed by atoms with Gasteiger partial charge in [-0.25, -0.2) is 9.78 Å². The number of thiazole rings is 1. The summed E-state index contributed by atoms with van der Waals surface area (Å²) >= 11 is 1.24. The lowest BCUT2D eigenvalue weighted by Gasteiger charge is -2.21. The summed E-state index contributed by atoms with van der Waals surface area (Å²) in [6.07, 6.45) is 7.31. The average molecular weight is 404 g/mol. The summed E-state index contributed by atoms with van der Waals surface area (Å²) in [4.78, 5) is 41.6. The van der Waals surface area contributed by atoms with Gasteiger partial charge in [-0.1, -0.05) is 39.0 Å². The molecule has 0 spiro atoms. The number of nitrogens with one attached hydrogen (secondary N) is 2. The molecular weight excluding hydrogens is 380 g/mol. The van der Waals surface area contributed by atoms with Crippen LogP contribution in [0.1, 0.15) is 62.9 Å². The van der Waals surface area contributed by atoms with Crippen LogP contribution < -0.4 is 10.7 Å². The van der Waals surface area contributed by atoms with Gasteiger partial charge in [0.05, 0.1) is 6.26 Å². The highest BCUT2D eigenvalue weighted by Crippen LogP contribution is 2.25. The molecule has 1 saturated heterocycles. The quantitative estimate of drug-likeness (QED) is 0.490. The molecule has 3 rings (SSSR count). The minimum Gasteiger partial charge on any atom is -0.462 e. The van der Waals surface area contributed by atoms with Crippen LogP contribution in [0.4, 0.5) is 4.79 Å². The zero-order valence-corrected chi connectivity index (χ0v) is 16.8. The number of hydrazine groups is 1. The Bertz CT molecular complexity index is 848. The highest BCUT2D eigenvalue weighted by Gasteiger charge is 2.48. The van der Waals surface area contributed by atoms with Gasteiger partial charge in [0.15, 0.2) is 10.8 Å². The van der Waals surface area contributed by atoms with Gasteiger partial charge in [0.25, 0.3) is 11.8 Å². The number of carbonyl (C=O) groups excluding carboxylic acids is 3. The predicted molar refractivity (Wildman–Crippen MR) is 104 cm³/mol. The second kappa shape index (κ2) is 8.55. The number of nitrogens with zero attached hydrogens (tertiary/aromatic N) is 2. The third-order valence-corrected chi connectivity index (χ3v) is 5.58. The molecule has 1 aliphatic heterocycles. The monoisotopic (exact) mass is 404 g/mol. The first kappa shape index (κ1) is 20.1. The molecule has 1 aliphatic rings. The molecule has 2 aromatic rings. The Morgan fingerprint density at radius 3 is 2.82 bits per heavy atom. The molecule has 0 radical (unpaired) electrons. The van der Waals surface area contributed by atoms with E-state index in [1.165, 1.54) is 17.6 Å². The normalized spacial score (nSPS) is 19.1. The summed E-state index contributed by atoms with van der Waals surface area (Å²) in [6, 6.07) is 2.84. The summed E-state index contributed by atoms with van der Waals surface area (Å²) in [7, 11) is 0. The number of amides is 4. The number of hydrogen-bond acceptors (Lipinski definition) is 6. The van der Waals surface area contributed by atoms with E-state index >= 15 is 0 Å². The van der Waals surface area contributed by atoms with Gasteiger partial charge < -0.3 is 9.73 Å². The van der Waals surface area contributed by atoms with Crippen LogP contribution in [-0.2, 0) is 4.79 Å². The third kappa shape index (κ3) is 4.24. The maximum absolute atomic E-state index is 12.7. The van der Waals surface area contributed by atoms with Gasteiger partial charge in [0.1, 0.15) is 11.2 Å². The van der Waals surface area contributed by atoms with Gasteiger partial charge in [-0.05, 0) is 25.5 Å². The van der Waals surface area contributed by atoms with Gasteiger partial charge in [0, 0.05) is 5.38 Å². The van der Waals surface area contributed by atoms with Crippen LogP contribution in [-0.4, -0.2) is 33.4 Å². The number of carbonyl (C=O) groups is 3. The molecule has 8 nitrogen and oxygen atoms in total. The highest BCUT2D eigenvalue weighted by molar-refractivity contribution is 7.13. The summed E-state index contributed by atoms with van der Waals surface area (Å²) in [5.41, 5.74) is 1.48. The van der Waals surface area contributed by atoms with Crippen LogP contribution in [0.2, 0.25) is 0 Å². The molecule has 1 atom stereocenters. The van der Waals surface area contributed by atoms with Crippen molar-refractivity contribution in [2.75, 3.05) is 0 Å². The lowest BCUT2D eigenvalue weighted by atomic mass is 9.94. The van der Waals surface area contributed by atoms with Gasteiger partial charge in [0.2, 0.25) is 0 Å². The van der Waals surface area contributed by atoms with E-state index in [0.29, 0.717) is 17.2 Å². The van der Waals surface area contributed by atoms with Crippen molar-refractivity contribution in [3.63, 3.8) is 0 Å². The molecule has 0 bridgehead atoms. The Labute approximate surface area is 167 Å². The van der Waals surface area contributed by atoms with Crippen LogP contribution in [0.5, 0.6) is 0 Å². The van der Waals surface area contributed by atoms with Crippen molar-refractivity contribution in [3.05, 3.63) is 29.5 Å². The molecule has 28 heavy (non-hydrogen) atoms. The van der Waals surface area contributed by atoms with Gasteiger partial charge in [-0.15, -0.1) is 11.3 Å². The largest absolute Gasteiger partial charge is 0.462 e. The van der Waals surface area contributed by atoms with E-state index in [4.69, 9.17) is 4.42 Å². The minimum atomic E-state index is -1.00. The third-order valence-electron chi connectivity index (χ3n) is 4.72. The second-order valence-electron chi connectivity index (χ2n) is 7.02. The molecule has 0 aliphatic carbocycles. The van der Waals surface area contributed by atoms with E-state index in [2.05, 4.69) is 22.7 Å². The molecule has 9 heteroatoms. The number of hydrogen-bond donors (Lipinski definition) is 2. The summed E-state index contributed by atoms with van der Waals surface area (Å²) < 4.78 is 5.26. The first-order valence-electron chi connectivity index (χ1n) is 9.41. The fourth-order valence-corrected chi connectivity index (χ4v) is 3.85. The molecule has 0 aromatic carbocycles. The number of aromatic nitrogens is 1. The zero-order chi connectivity index (χ0) is 20.1. The predicted octanol–water partition coefficient (Wildman–Crippen LogP) is 3.72. The van der Waals surface area contributed by atoms with Crippen molar-refractivity contribution < 1.29 is 18.8 Å². The van der Waals surface area contributed by atoms with E-state index in [1.54, 1.807) is 24.4 Å². The Balaban J connectivity index is 1.60. The zero-order valence-electron chi connectivity index (χ0n) is 16.0. The van der Waals surface area contributed by atoms with Crippen molar-refractivity contribution in [3.8, 4) is 10.8 Å². The van der Waals surface area contributed by atoms with Crippen molar-refractivity contribution in [2.45, 2.75) is 57.9 Å². The Kier molecular flexibility index (Phi) is 6.13. The lowest BCUT2D eigenvalue weighted by Crippen LogP contribution is -2.48. The van der Waals surface area contributed by atoms with Crippen molar-refractivity contribution in [1.29, 1.82) is 0 Å². The maximum Gasteiger partial charge on any atom is 0.344 e. The van der Waals surface area contributed by atoms with Crippen LogP contribution in [0.3, 0.4) is 0 Å². The Morgan fingerprint density at radius 2 is 2.11 bits per heavy atom. The van der Waals surface area contributed by atoms with Crippen molar-refractivity contribution in [1.82, 2.24) is 20.7 Å². The standard InChI is InChI=1S/C19H24N4O4S/c1-3-4-5-6-7-10-19(2)17(25)23(18(26)21-19)22-15(24)13-12-28-16(20-13)14-9-8-11-27-14/h8-9,11-12H,3-7,10H2,1-2H3,(H,21,26)(H,22,24)/t19-/m0/s1. The van der Waals surface area contributed by atoms with E-state index in [1.807, 2.05) is 0 Å². The fraction of sp³-hybridized carbons (Fsp3) is 0.474. The van der Waals surface area contributed by atoms with Crippen molar-refractivity contribution >= 4 is 29.2 Å². The molecule has 0 saturated carbocycles. The number of unbranched alkanes of at least 4 members (excludes halogenated alkanes) is 4. The van der Waals surface area contributed by atoms with Crippen molar-refractivity contribution in [2.24, 2.45) is 0 Å². The lowest BCUT2D eigenvalue weighted by molar-refractivity contribution is -0.132. The van der Waals surface area contributed by atoms with E-state index in [-0.39, 0.29) is 5.69 Å². The summed E-state index contributed by atoms with van der Waals surface area (Å²) in [5, 5.41) is 5.55. The minimum absolute atomic E-state index is 0.116. The van der Waals surface area contributed by atoms with Crippen LogP contribution in [0.25, 0.3) is 10.8 Å². The molecule has 0 unspecified atom stereocenters. The Hall–Kier alpha value is -2.68. The fourth-order valence-electron chi connectivity index (χ4n) is 3.09. The topological polar surface area (TPSA) is 105 Å². The molecule has 150 valence electrons. The Morgan fingerprint density at radius 1 is 1.32 bits per heavy atom. The van der Waals surface area contributed by atoms with Gasteiger partial charge in [-0.3, -0.25) is 15.0 Å². The summed E-state index contributed by atoms with van der Waals surface area (Å²) in [5.74, 6) is -0.526. The molecular formula is C19H24N4O4S. The smallest absolute Gasteiger partial charge is 0.344 e. The van der Waals surface area contributed by atoms with E-state index < -0.39 is 23.4 Å². The molecule has 1 fully saturated rings. The van der Waals surface area contributed by atoms with E-state index in [9.17, 15) is 14.4 Å². The molecule has 2 N–H and O–H groups in total. The highest BCUT2D eigenvalue weighted by atomic mass is 32.1. The van der Waals surface area contributed by atoms with Gasteiger partial charge >= 0.3 is 6.03 Å². The van der Waals surface area contributed by atoms with Gasteiger partial charge in [-0.2, -0.15) is 5.01 Å². The number of furan rings is 1. The van der Waals surface area contributed by atoms with Crippen LogP contribution in [0.15, 0.2) is 28.2 Å². The molecule has 2 aromatic heterocycles. The maximum atomic E-state index is 12.7. The van der Waals surface area contributed by atoms with E-state index in [0.717, 1.165) is 37.1 Å². The SMILES string of the molecule is CCCCCCC[C@]1(C)NC(=O)N(NC(=O)c2csc(-c3ccco3)n2)C1=O. The average Bonchev–Trinajstić information content (AvgIpc) is 3.39. The number of imide groups is 1. The molecule has 4 amide bonds. The first-order valence-corrected chi connectivity index (χ1v) is 10.3. The summed E-state index contributed by atoms with van der Waals surface area (Å²) in [6.45, 7) is 3.83. The van der Waals surface area contributed by atoms with Crippen LogP contribution >= 0.6 is 11.3 Å². The number of urea groups is 1. The molecule has 3 heterocycles. The van der Waals surface area contributed by atoms with Crippen LogP contribution in [0, 0.1) is 0 Å².